The lowest BCUT2D eigenvalue weighted by Crippen LogP contribution is -2.14. The third kappa shape index (κ3) is 4.09. The number of benzene rings is 1. The molecule has 0 aliphatic rings. The summed E-state index contributed by atoms with van der Waals surface area (Å²) in [5.41, 5.74) is 3.99. The first-order valence-electron chi connectivity index (χ1n) is 8.58. The monoisotopic (exact) mass is 383 g/mol. The Morgan fingerprint density at radius 1 is 1.26 bits per heavy atom. The number of hydrogen-bond donors (Lipinski definition) is 2. The van der Waals surface area contributed by atoms with Crippen LogP contribution in [0.4, 0.5) is 5.69 Å². The molecule has 0 spiro atoms. The number of thiazole rings is 1. The van der Waals surface area contributed by atoms with Crippen LogP contribution in [0.15, 0.2) is 41.9 Å². The van der Waals surface area contributed by atoms with Crippen molar-refractivity contribution in [3.8, 4) is 5.13 Å². The van der Waals surface area contributed by atoms with Crippen molar-refractivity contribution in [1.82, 2.24) is 9.55 Å². The molecule has 140 valence electrons. The molecule has 2 N–H and O–H groups in total. The summed E-state index contributed by atoms with van der Waals surface area (Å²) in [4.78, 5) is 28.0. The van der Waals surface area contributed by atoms with Crippen LogP contribution >= 0.6 is 11.3 Å². The molecule has 27 heavy (non-hydrogen) atoms. The minimum Gasteiger partial charge on any atom is -0.481 e. The highest BCUT2D eigenvalue weighted by molar-refractivity contribution is 7.12. The molecule has 0 radical (unpaired) electrons. The van der Waals surface area contributed by atoms with E-state index in [2.05, 4.69) is 10.3 Å². The molecular weight excluding hydrogens is 362 g/mol. The molecule has 3 rings (SSSR count). The second kappa shape index (κ2) is 7.75. The van der Waals surface area contributed by atoms with Crippen LogP contribution in [0.25, 0.3) is 5.13 Å². The zero-order valence-electron chi connectivity index (χ0n) is 15.4. The van der Waals surface area contributed by atoms with Gasteiger partial charge in [0.15, 0.2) is 5.13 Å². The Balaban J connectivity index is 1.74. The number of carbonyl (C=O) groups is 2. The lowest BCUT2D eigenvalue weighted by molar-refractivity contribution is -0.141. The SMILES string of the molecule is Cc1cc(C(=O)Nc2ccc(CC(C)C(=O)O)cc2)c(C)n1-c1nccs1. The second-order valence-electron chi connectivity index (χ2n) is 6.53. The minimum absolute atomic E-state index is 0.183. The maximum atomic E-state index is 12.7. The van der Waals surface area contributed by atoms with Gasteiger partial charge in [-0.05, 0) is 44.0 Å². The van der Waals surface area contributed by atoms with Gasteiger partial charge in [0.05, 0.1) is 11.5 Å². The van der Waals surface area contributed by atoms with Gasteiger partial charge >= 0.3 is 5.97 Å². The van der Waals surface area contributed by atoms with E-state index in [4.69, 9.17) is 5.11 Å². The van der Waals surface area contributed by atoms with Crippen LogP contribution in [0.3, 0.4) is 0 Å². The molecule has 7 heteroatoms. The lowest BCUT2D eigenvalue weighted by Gasteiger charge is -2.09. The van der Waals surface area contributed by atoms with Gasteiger partial charge in [-0.3, -0.25) is 14.2 Å². The Bertz CT molecular complexity index is 959. The minimum atomic E-state index is -0.817. The van der Waals surface area contributed by atoms with Crippen molar-refractivity contribution in [3.63, 3.8) is 0 Å². The first-order chi connectivity index (χ1) is 12.9. The molecule has 0 aliphatic heterocycles. The van der Waals surface area contributed by atoms with Gasteiger partial charge in [0.1, 0.15) is 0 Å². The van der Waals surface area contributed by atoms with Gasteiger partial charge in [-0.1, -0.05) is 19.1 Å². The molecular formula is C20H21N3O3S. The van der Waals surface area contributed by atoms with Crippen LogP contribution in [0.1, 0.15) is 34.2 Å². The summed E-state index contributed by atoms with van der Waals surface area (Å²) >= 11 is 1.52. The maximum absolute atomic E-state index is 12.7. The first-order valence-corrected chi connectivity index (χ1v) is 9.46. The van der Waals surface area contributed by atoms with E-state index < -0.39 is 11.9 Å². The van der Waals surface area contributed by atoms with Crippen molar-refractivity contribution >= 4 is 28.9 Å². The number of anilines is 1. The predicted octanol–water partition coefficient (Wildman–Crippen LogP) is 4.07. The number of amides is 1. The molecule has 0 bridgehead atoms. The van der Waals surface area contributed by atoms with E-state index >= 15 is 0 Å². The Hall–Kier alpha value is -2.93. The summed E-state index contributed by atoms with van der Waals surface area (Å²) in [6.07, 6.45) is 2.20. The number of rotatable bonds is 6. The van der Waals surface area contributed by atoms with E-state index in [1.807, 2.05) is 42.0 Å². The van der Waals surface area contributed by atoms with Crippen LogP contribution in [-0.2, 0) is 11.2 Å². The van der Waals surface area contributed by atoms with Crippen molar-refractivity contribution in [2.75, 3.05) is 5.32 Å². The van der Waals surface area contributed by atoms with Gasteiger partial charge in [0.2, 0.25) is 0 Å². The van der Waals surface area contributed by atoms with Crippen molar-refractivity contribution < 1.29 is 14.7 Å². The van der Waals surface area contributed by atoms with Crippen LogP contribution in [0.2, 0.25) is 0 Å². The standard InChI is InChI=1S/C20H21N3O3S/c1-12(19(25)26)10-15-4-6-16(7-5-15)22-18(24)17-11-13(2)23(14(17)3)20-21-8-9-27-20/h4-9,11-12H,10H2,1-3H3,(H,22,24)(H,25,26). The predicted molar refractivity (Wildman–Crippen MR) is 106 cm³/mol. The van der Waals surface area contributed by atoms with E-state index in [1.54, 1.807) is 25.3 Å². The Labute approximate surface area is 161 Å². The Morgan fingerprint density at radius 3 is 2.56 bits per heavy atom. The zero-order chi connectivity index (χ0) is 19.6. The summed E-state index contributed by atoms with van der Waals surface area (Å²) < 4.78 is 1.97. The number of aliphatic carboxylic acids is 1. The van der Waals surface area contributed by atoms with Gasteiger partial charge in [-0.15, -0.1) is 11.3 Å². The molecule has 0 saturated carbocycles. The topological polar surface area (TPSA) is 84.2 Å². The van der Waals surface area contributed by atoms with Gasteiger partial charge in [0, 0.05) is 28.7 Å². The van der Waals surface area contributed by atoms with Crippen molar-refractivity contribution in [1.29, 1.82) is 0 Å². The number of aromatic nitrogens is 2. The highest BCUT2D eigenvalue weighted by Crippen LogP contribution is 2.23. The molecule has 6 nitrogen and oxygen atoms in total. The number of carboxylic acids is 1. The summed E-state index contributed by atoms with van der Waals surface area (Å²) in [7, 11) is 0. The Morgan fingerprint density at radius 2 is 1.96 bits per heavy atom. The van der Waals surface area contributed by atoms with Crippen LogP contribution in [-0.4, -0.2) is 26.5 Å². The quantitative estimate of drug-likeness (QED) is 0.672. The summed E-state index contributed by atoms with van der Waals surface area (Å²) in [5, 5.41) is 14.6. The molecule has 1 atom stereocenters. The molecule has 2 aromatic heterocycles. The van der Waals surface area contributed by atoms with Gasteiger partial charge in [-0.25, -0.2) is 4.98 Å². The van der Waals surface area contributed by atoms with E-state index in [1.165, 1.54) is 11.3 Å². The fraction of sp³-hybridized carbons (Fsp3) is 0.250. The normalized spacial score (nSPS) is 12.0. The average molecular weight is 383 g/mol. The van der Waals surface area contributed by atoms with E-state index in [-0.39, 0.29) is 5.91 Å². The van der Waals surface area contributed by atoms with Crippen molar-refractivity contribution in [2.24, 2.45) is 5.92 Å². The van der Waals surface area contributed by atoms with Crippen molar-refractivity contribution in [3.05, 3.63) is 64.4 Å². The zero-order valence-corrected chi connectivity index (χ0v) is 16.2. The number of nitrogens with one attached hydrogen (secondary N) is 1. The molecule has 0 saturated heterocycles. The smallest absolute Gasteiger partial charge is 0.306 e. The molecule has 1 unspecified atom stereocenters. The van der Waals surface area contributed by atoms with Gasteiger partial charge < -0.3 is 10.4 Å². The fourth-order valence-electron chi connectivity index (χ4n) is 2.98. The lowest BCUT2D eigenvalue weighted by atomic mass is 10.0. The number of carbonyl (C=O) groups excluding carboxylic acids is 1. The third-order valence-electron chi connectivity index (χ3n) is 4.46. The first kappa shape index (κ1) is 18.8. The molecule has 0 fully saturated rings. The maximum Gasteiger partial charge on any atom is 0.306 e. The number of aryl methyl sites for hydroxylation is 1. The average Bonchev–Trinajstić information content (AvgIpc) is 3.24. The highest BCUT2D eigenvalue weighted by atomic mass is 32.1. The molecule has 1 aromatic carbocycles. The highest BCUT2D eigenvalue weighted by Gasteiger charge is 2.18. The van der Waals surface area contributed by atoms with Crippen LogP contribution in [0.5, 0.6) is 0 Å². The van der Waals surface area contributed by atoms with Crippen LogP contribution < -0.4 is 5.32 Å². The summed E-state index contributed by atoms with van der Waals surface area (Å²) in [6.45, 7) is 5.53. The summed E-state index contributed by atoms with van der Waals surface area (Å²) in [5.74, 6) is -1.44. The van der Waals surface area contributed by atoms with Gasteiger partial charge in [0.25, 0.3) is 5.91 Å². The largest absolute Gasteiger partial charge is 0.481 e. The van der Waals surface area contributed by atoms with E-state index in [0.717, 1.165) is 22.1 Å². The number of hydrogen-bond acceptors (Lipinski definition) is 4. The molecule has 3 aromatic rings. The number of nitrogens with zero attached hydrogens (tertiary/aromatic N) is 2. The Kier molecular flexibility index (Phi) is 5.41. The summed E-state index contributed by atoms with van der Waals surface area (Å²) in [6, 6.07) is 9.13. The van der Waals surface area contributed by atoms with Gasteiger partial charge in [-0.2, -0.15) is 0 Å². The number of carboxylic acid groups (broad SMARTS) is 1. The third-order valence-corrected chi connectivity index (χ3v) is 5.22. The second-order valence-corrected chi connectivity index (χ2v) is 7.40. The van der Waals surface area contributed by atoms with Crippen molar-refractivity contribution in [2.45, 2.75) is 27.2 Å². The van der Waals surface area contributed by atoms with E-state index in [0.29, 0.717) is 17.7 Å². The van der Waals surface area contributed by atoms with E-state index in [9.17, 15) is 9.59 Å². The fourth-order valence-corrected chi connectivity index (χ4v) is 3.73. The molecule has 2 heterocycles. The van der Waals surface area contributed by atoms with Crippen LogP contribution in [0, 0.1) is 19.8 Å². The molecule has 0 aliphatic carbocycles. The molecule has 1 amide bonds.